The first kappa shape index (κ1) is 38.1. The first-order valence-corrected chi connectivity index (χ1v) is 17.0. The van der Waals surface area contributed by atoms with Gasteiger partial charge in [-0.2, -0.15) is 0 Å². The van der Waals surface area contributed by atoms with Gasteiger partial charge in [-0.3, -0.25) is 9.59 Å². The number of nitrogens with one attached hydrogen (secondary N) is 3. The Kier molecular flexibility index (Phi) is 13.1. The normalized spacial score (nSPS) is 18.1. The van der Waals surface area contributed by atoms with E-state index in [9.17, 15) is 29.0 Å². The zero-order valence-electron chi connectivity index (χ0n) is 27.7. The average Bonchev–Trinajstić information content (AvgIpc) is 3.05. The molecular weight excluding hydrogens is 721 g/mol. The monoisotopic (exact) mass is 761 g/mol. The largest absolute Gasteiger partial charge is 0.490 e. The van der Waals surface area contributed by atoms with Crippen molar-refractivity contribution in [1.29, 1.82) is 0 Å². The van der Waals surface area contributed by atoms with Gasteiger partial charge in [-0.1, -0.05) is 78.6 Å². The first-order chi connectivity index (χ1) is 23.2. The number of aliphatic hydroxyl groups is 2. The molecule has 5 N–H and O–H groups in total. The van der Waals surface area contributed by atoms with Gasteiger partial charge in [0.05, 0.1) is 25.3 Å². The minimum Gasteiger partial charge on any atom is -0.490 e. The molecule has 10 nitrogen and oxygen atoms in total. The van der Waals surface area contributed by atoms with E-state index in [1.54, 1.807) is 57.2 Å². The molecule has 0 bridgehead atoms. The van der Waals surface area contributed by atoms with Crippen LogP contribution in [0.4, 0.5) is 9.18 Å². The molecule has 6 atom stereocenters. The lowest BCUT2D eigenvalue weighted by Gasteiger charge is -2.34. The van der Waals surface area contributed by atoms with E-state index in [0.29, 0.717) is 16.3 Å². The van der Waals surface area contributed by atoms with Crippen LogP contribution in [0.1, 0.15) is 49.9 Å². The summed E-state index contributed by atoms with van der Waals surface area (Å²) in [7, 11) is 1.19. The number of methoxy groups -OCH3 is 1. The highest BCUT2D eigenvalue weighted by Gasteiger charge is 2.38. The number of alkyl carbamates (subject to hydrolysis) is 1. The lowest BCUT2D eigenvalue weighted by atomic mass is 9.85. The molecule has 264 valence electrons. The van der Waals surface area contributed by atoms with E-state index >= 15 is 0 Å². The van der Waals surface area contributed by atoms with Gasteiger partial charge < -0.3 is 35.6 Å². The number of rotatable bonds is 12. The van der Waals surface area contributed by atoms with Crippen molar-refractivity contribution in [1.82, 2.24) is 16.0 Å². The molecule has 0 spiro atoms. The molecule has 1 heterocycles. The van der Waals surface area contributed by atoms with Gasteiger partial charge in [-0.05, 0) is 72.2 Å². The molecule has 13 heteroatoms. The highest BCUT2D eigenvalue weighted by atomic mass is 79.9. The Bertz CT molecular complexity index is 1620. The number of aliphatic hydroxyl groups excluding tert-OH is 2. The second-order valence-corrected chi connectivity index (χ2v) is 14.6. The van der Waals surface area contributed by atoms with Crippen molar-refractivity contribution in [2.24, 2.45) is 11.3 Å². The summed E-state index contributed by atoms with van der Waals surface area (Å²) >= 11 is 9.65. The minimum atomic E-state index is -1.31. The molecule has 3 aromatic rings. The molecule has 0 aromatic heterocycles. The summed E-state index contributed by atoms with van der Waals surface area (Å²) in [6.45, 7) is 5.25. The number of fused-ring (bicyclic) bond motifs is 1. The molecule has 3 amide bonds. The van der Waals surface area contributed by atoms with Crippen molar-refractivity contribution < 1.29 is 38.5 Å². The van der Waals surface area contributed by atoms with E-state index < -0.39 is 65.4 Å². The van der Waals surface area contributed by atoms with Crippen LogP contribution >= 0.6 is 27.5 Å². The van der Waals surface area contributed by atoms with Crippen molar-refractivity contribution in [2.75, 3.05) is 13.7 Å². The maximum Gasteiger partial charge on any atom is 0.407 e. The van der Waals surface area contributed by atoms with E-state index in [2.05, 4.69) is 31.9 Å². The Morgan fingerprint density at radius 3 is 2.39 bits per heavy atom. The van der Waals surface area contributed by atoms with Gasteiger partial charge in [0.1, 0.15) is 30.3 Å². The molecule has 3 aromatic carbocycles. The quantitative estimate of drug-likeness (QED) is 0.169. The minimum absolute atomic E-state index is 0.0734. The topological polar surface area (TPSA) is 146 Å². The van der Waals surface area contributed by atoms with Crippen LogP contribution in [-0.2, 0) is 27.2 Å². The second kappa shape index (κ2) is 16.8. The van der Waals surface area contributed by atoms with E-state index in [4.69, 9.17) is 21.1 Å². The summed E-state index contributed by atoms with van der Waals surface area (Å²) in [6.07, 6.45) is -3.29. The molecule has 0 unspecified atom stereocenters. The fourth-order valence-electron chi connectivity index (χ4n) is 5.76. The molecule has 0 saturated carbocycles. The highest BCUT2D eigenvalue weighted by molar-refractivity contribution is 9.10. The smallest absolute Gasteiger partial charge is 0.407 e. The number of carbonyl (C=O) groups excluding carboxylic acids is 3. The van der Waals surface area contributed by atoms with Crippen LogP contribution in [0.5, 0.6) is 5.75 Å². The van der Waals surface area contributed by atoms with Crippen LogP contribution in [-0.4, -0.2) is 66.1 Å². The Balaban J connectivity index is 1.65. The summed E-state index contributed by atoms with van der Waals surface area (Å²) in [6, 6.07) is 15.4. The summed E-state index contributed by atoms with van der Waals surface area (Å²) in [4.78, 5) is 39.9. The molecule has 49 heavy (non-hydrogen) atoms. The van der Waals surface area contributed by atoms with Gasteiger partial charge >= 0.3 is 6.09 Å². The van der Waals surface area contributed by atoms with Gasteiger partial charge in [0.2, 0.25) is 11.8 Å². The third-order valence-corrected chi connectivity index (χ3v) is 9.22. The Labute approximate surface area is 298 Å². The van der Waals surface area contributed by atoms with Crippen LogP contribution in [0, 0.1) is 17.2 Å². The van der Waals surface area contributed by atoms with E-state index in [0.717, 1.165) is 10.0 Å². The number of carbonyl (C=O) groups is 3. The average molecular weight is 763 g/mol. The van der Waals surface area contributed by atoms with Gasteiger partial charge in [-0.25, -0.2) is 9.18 Å². The third-order valence-electron chi connectivity index (χ3n) is 8.46. The van der Waals surface area contributed by atoms with Crippen LogP contribution in [0.2, 0.25) is 5.02 Å². The van der Waals surface area contributed by atoms with E-state index in [-0.39, 0.29) is 31.4 Å². The molecule has 1 aliphatic heterocycles. The molecule has 4 rings (SSSR count). The Hall–Kier alpha value is -3.71. The SMILES string of the molecule is COC(=O)N[C@H](C(=O)N[C@@H](Cc1ccc(Br)cc1)[C@@H](O)C[C@@H](Cc1ccccc1F)C(=O)N[C@H]1c2cc(Cl)ccc2OC[C@H]1O)C(C)(C)C. The number of hydrogen-bond donors (Lipinski definition) is 5. The molecule has 1 aliphatic rings. The molecule has 0 aliphatic carbocycles. The molecular formula is C36H42BrClFN3O7. The van der Waals surface area contributed by atoms with Crippen LogP contribution < -0.4 is 20.7 Å². The highest BCUT2D eigenvalue weighted by Crippen LogP contribution is 2.35. The van der Waals surface area contributed by atoms with Gasteiger partial charge in [0, 0.05) is 21.0 Å². The van der Waals surface area contributed by atoms with E-state index in [1.165, 1.54) is 13.2 Å². The number of ether oxygens (including phenoxy) is 2. The summed E-state index contributed by atoms with van der Waals surface area (Å²) in [5, 5.41) is 31.4. The number of halogens is 3. The van der Waals surface area contributed by atoms with Gasteiger partial charge in [-0.15, -0.1) is 0 Å². The number of amides is 3. The van der Waals surface area contributed by atoms with E-state index in [1.807, 2.05) is 24.3 Å². The van der Waals surface area contributed by atoms with Gasteiger partial charge in [0.15, 0.2) is 0 Å². The second-order valence-electron chi connectivity index (χ2n) is 13.2. The van der Waals surface area contributed by atoms with Crippen molar-refractivity contribution in [2.45, 2.75) is 70.4 Å². The zero-order chi connectivity index (χ0) is 35.9. The summed E-state index contributed by atoms with van der Waals surface area (Å²) < 4.78 is 26.1. The fourth-order valence-corrected chi connectivity index (χ4v) is 6.21. The van der Waals surface area contributed by atoms with Crippen molar-refractivity contribution in [3.8, 4) is 5.75 Å². The summed E-state index contributed by atoms with van der Waals surface area (Å²) in [5.41, 5.74) is 0.795. The fraction of sp³-hybridized carbons (Fsp3) is 0.417. The predicted octanol–water partition coefficient (Wildman–Crippen LogP) is 5.26. The Morgan fingerprint density at radius 1 is 1.04 bits per heavy atom. The van der Waals surface area contributed by atoms with Crippen molar-refractivity contribution >= 4 is 45.4 Å². The third kappa shape index (κ3) is 10.4. The number of hydrogen-bond acceptors (Lipinski definition) is 7. The molecule has 0 radical (unpaired) electrons. The first-order valence-electron chi connectivity index (χ1n) is 15.9. The summed E-state index contributed by atoms with van der Waals surface area (Å²) in [5.74, 6) is -2.17. The molecule has 0 fully saturated rings. The molecule has 0 saturated heterocycles. The van der Waals surface area contributed by atoms with Crippen LogP contribution in [0.3, 0.4) is 0 Å². The maximum atomic E-state index is 14.9. The predicted molar refractivity (Wildman–Crippen MR) is 187 cm³/mol. The number of benzene rings is 3. The lowest BCUT2D eigenvalue weighted by molar-refractivity contribution is -0.128. The lowest BCUT2D eigenvalue weighted by Crippen LogP contribution is -2.57. The van der Waals surface area contributed by atoms with Crippen LogP contribution in [0.15, 0.2) is 71.2 Å². The van der Waals surface area contributed by atoms with Crippen molar-refractivity contribution in [3.05, 3.63) is 98.7 Å². The maximum absolute atomic E-state index is 14.9. The zero-order valence-corrected chi connectivity index (χ0v) is 30.1. The Morgan fingerprint density at radius 2 is 1.73 bits per heavy atom. The van der Waals surface area contributed by atoms with Gasteiger partial charge in [0.25, 0.3) is 0 Å². The van der Waals surface area contributed by atoms with Crippen molar-refractivity contribution in [3.63, 3.8) is 0 Å². The standard InChI is InChI=1S/C36H42BrClFN3O7/c1-36(2,3)32(42-35(47)48-4)34(46)40-27(15-20-9-11-23(37)12-10-20)28(43)17-22(16-21-7-5-6-8-26(21)39)33(45)41-31-25-18-24(38)13-14-30(25)49-19-29(31)44/h5-14,18,22,27-29,31-32,43-44H,15-17,19H2,1-4H3,(H,40,46)(H,41,45)(H,42,47)/t22-,27+,28+,29-,31+,32-/m1/s1. The van der Waals surface area contributed by atoms with Crippen LogP contribution in [0.25, 0.3) is 0 Å².